The lowest BCUT2D eigenvalue weighted by Gasteiger charge is -2.18. The molecule has 1 aromatic rings. The lowest BCUT2D eigenvalue weighted by molar-refractivity contribution is -0.144. The van der Waals surface area contributed by atoms with Gasteiger partial charge >= 0.3 is 17.8 Å². The van der Waals surface area contributed by atoms with Crippen molar-refractivity contribution in [2.75, 3.05) is 18.1 Å². The van der Waals surface area contributed by atoms with Gasteiger partial charge in [-0.15, -0.1) is 0 Å². The van der Waals surface area contributed by atoms with E-state index in [4.69, 9.17) is 17.0 Å². The van der Waals surface area contributed by atoms with Gasteiger partial charge < -0.3 is 4.74 Å². The number of thiocarbonyl (C=S) groups is 1. The summed E-state index contributed by atoms with van der Waals surface area (Å²) in [6, 6.07) is 8.67. The maximum absolute atomic E-state index is 12.0. The molecule has 0 saturated carbocycles. The Morgan fingerprint density at radius 3 is 2.48 bits per heavy atom. The summed E-state index contributed by atoms with van der Waals surface area (Å²) in [5.41, 5.74) is 0.527. The van der Waals surface area contributed by atoms with Crippen LogP contribution >= 0.6 is 12.2 Å². The summed E-state index contributed by atoms with van der Waals surface area (Å²) in [7, 11) is 0. The molecule has 7 heteroatoms. The van der Waals surface area contributed by atoms with Gasteiger partial charge in [0.25, 0.3) is 0 Å². The number of para-hydroxylation sites is 1. The summed E-state index contributed by atoms with van der Waals surface area (Å²) in [5, 5.41) is 0.0838. The monoisotopic (exact) mass is 306 g/mol. The minimum Gasteiger partial charge on any atom is -0.466 e. The molecule has 0 aliphatic carbocycles. The van der Waals surface area contributed by atoms with Crippen LogP contribution in [0.1, 0.15) is 13.3 Å². The van der Waals surface area contributed by atoms with E-state index in [9.17, 15) is 14.4 Å². The Bertz CT molecular complexity index is 588. The van der Waals surface area contributed by atoms with Crippen molar-refractivity contribution >= 4 is 40.8 Å². The minimum absolute atomic E-state index is 0.00434. The van der Waals surface area contributed by atoms with Gasteiger partial charge in [-0.3, -0.25) is 19.3 Å². The van der Waals surface area contributed by atoms with Gasteiger partial charge in [0.2, 0.25) is 0 Å². The van der Waals surface area contributed by atoms with Crippen molar-refractivity contribution in [1.82, 2.24) is 4.90 Å². The largest absolute Gasteiger partial charge is 0.466 e. The van der Waals surface area contributed by atoms with Crippen molar-refractivity contribution in [1.29, 1.82) is 0 Å². The molecule has 0 unspecified atom stereocenters. The van der Waals surface area contributed by atoms with Crippen LogP contribution in [0, 0.1) is 0 Å². The maximum Gasteiger partial charge on any atom is 0.323 e. The van der Waals surface area contributed by atoms with Gasteiger partial charge in [-0.05, 0) is 31.3 Å². The topological polar surface area (TPSA) is 66.9 Å². The second kappa shape index (κ2) is 6.45. The van der Waals surface area contributed by atoms with Crippen molar-refractivity contribution in [3.05, 3.63) is 30.3 Å². The Kier molecular flexibility index (Phi) is 4.64. The molecule has 1 heterocycles. The molecule has 2 amide bonds. The Hall–Kier alpha value is -2.28. The van der Waals surface area contributed by atoms with Gasteiger partial charge in [0, 0.05) is 6.54 Å². The molecule has 21 heavy (non-hydrogen) atoms. The molecule has 1 fully saturated rings. The van der Waals surface area contributed by atoms with E-state index in [0.717, 1.165) is 4.90 Å². The highest BCUT2D eigenvalue weighted by Crippen LogP contribution is 2.22. The number of rotatable bonds is 5. The summed E-state index contributed by atoms with van der Waals surface area (Å²) in [6.45, 7) is 2.00. The lowest BCUT2D eigenvalue weighted by Crippen LogP contribution is -2.34. The number of carbonyl (C=O) groups excluding carboxylic acids is 3. The first-order valence-electron chi connectivity index (χ1n) is 6.46. The van der Waals surface area contributed by atoms with Crippen molar-refractivity contribution in [3.63, 3.8) is 0 Å². The van der Waals surface area contributed by atoms with Crippen molar-refractivity contribution in [2.45, 2.75) is 13.3 Å². The van der Waals surface area contributed by atoms with E-state index < -0.39 is 17.8 Å². The average Bonchev–Trinajstić information content (AvgIpc) is 2.69. The van der Waals surface area contributed by atoms with Crippen LogP contribution in [0.3, 0.4) is 0 Å². The molecule has 0 atom stereocenters. The van der Waals surface area contributed by atoms with Crippen LogP contribution in [-0.4, -0.2) is 40.9 Å². The number of benzene rings is 1. The van der Waals surface area contributed by atoms with Crippen molar-refractivity contribution < 1.29 is 19.1 Å². The predicted octanol–water partition coefficient (Wildman–Crippen LogP) is 1.10. The van der Waals surface area contributed by atoms with Gasteiger partial charge in [-0.1, -0.05) is 18.2 Å². The second-order valence-corrected chi connectivity index (χ2v) is 4.64. The fourth-order valence-corrected chi connectivity index (χ4v) is 2.31. The van der Waals surface area contributed by atoms with Gasteiger partial charge in [-0.25, -0.2) is 4.90 Å². The number of carbonyl (C=O) groups is 3. The van der Waals surface area contributed by atoms with Crippen LogP contribution in [0.15, 0.2) is 30.3 Å². The highest BCUT2D eigenvalue weighted by Gasteiger charge is 2.42. The lowest BCUT2D eigenvalue weighted by atomic mass is 10.3. The highest BCUT2D eigenvalue weighted by atomic mass is 32.1. The molecule has 0 bridgehead atoms. The third-order valence-electron chi connectivity index (χ3n) is 2.91. The van der Waals surface area contributed by atoms with Crippen LogP contribution in [0.5, 0.6) is 0 Å². The molecule has 110 valence electrons. The summed E-state index contributed by atoms with van der Waals surface area (Å²) in [6.07, 6.45) is -0.00434. The molecule has 1 aliphatic rings. The summed E-state index contributed by atoms with van der Waals surface area (Å²) in [5.74, 6) is -1.87. The molecule has 0 N–H and O–H groups in total. The molecule has 6 nitrogen and oxygen atoms in total. The van der Waals surface area contributed by atoms with Gasteiger partial charge in [0.15, 0.2) is 5.11 Å². The molecule has 1 aromatic carbocycles. The zero-order chi connectivity index (χ0) is 15.4. The van der Waals surface area contributed by atoms with Crippen LogP contribution < -0.4 is 4.90 Å². The standard InChI is InChI=1S/C14H14N2O4S/c1-2-20-11(17)8-9-15-12(18)13(19)16(14(15)21)10-6-4-3-5-7-10/h3-7H,2,8-9H2,1H3. The first kappa shape index (κ1) is 15.1. The fourth-order valence-electron chi connectivity index (χ4n) is 1.94. The number of amides is 2. The molecule has 1 saturated heterocycles. The van der Waals surface area contributed by atoms with Crippen LogP contribution in [0.2, 0.25) is 0 Å². The van der Waals surface area contributed by atoms with Gasteiger partial charge in [-0.2, -0.15) is 0 Å². The van der Waals surface area contributed by atoms with E-state index in [2.05, 4.69) is 0 Å². The SMILES string of the molecule is CCOC(=O)CCN1C(=O)C(=O)N(c2ccccc2)C1=S. The fraction of sp³-hybridized carbons (Fsp3) is 0.286. The normalized spacial score (nSPS) is 14.8. The Morgan fingerprint density at radius 2 is 1.86 bits per heavy atom. The number of ether oxygens (including phenoxy) is 1. The Labute approximate surface area is 127 Å². The van der Waals surface area contributed by atoms with Crippen molar-refractivity contribution in [2.24, 2.45) is 0 Å². The molecular weight excluding hydrogens is 292 g/mol. The van der Waals surface area contributed by atoms with E-state index in [-0.39, 0.29) is 24.7 Å². The minimum atomic E-state index is -0.729. The third-order valence-corrected chi connectivity index (χ3v) is 3.32. The first-order chi connectivity index (χ1) is 10.1. The van der Waals surface area contributed by atoms with E-state index >= 15 is 0 Å². The predicted molar refractivity (Wildman–Crippen MR) is 79.5 cm³/mol. The third kappa shape index (κ3) is 3.08. The molecule has 1 aliphatic heterocycles. The van der Waals surface area contributed by atoms with E-state index in [1.165, 1.54) is 4.90 Å². The quantitative estimate of drug-likeness (QED) is 0.463. The van der Waals surface area contributed by atoms with E-state index in [0.29, 0.717) is 5.69 Å². The van der Waals surface area contributed by atoms with Crippen molar-refractivity contribution in [3.8, 4) is 0 Å². The molecule has 0 aromatic heterocycles. The zero-order valence-corrected chi connectivity index (χ0v) is 12.3. The van der Waals surface area contributed by atoms with E-state index in [1.807, 2.05) is 0 Å². The molecule has 2 rings (SSSR count). The first-order valence-corrected chi connectivity index (χ1v) is 6.87. The second-order valence-electron chi connectivity index (χ2n) is 4.27. The number of anilines is 1. The van der Waals surface area contributed by atoms with Crippen LogP contribution in [0.4, 0.5) is 5.69 Å². The molecule has 0 radical (unpaired) electrons. The van der Waals surface area contributed by atoms with Crippen LogP contribution in [-0.2, 0) is 19.1 Å². The summed E-state index contributed by atoms with van der Waals surface area (Å²) in [4.78, 5) is 37.6. The zero-order valence-electron chi connectivity index (χ0n) is 11.4. The number of hydrogen-bond acceptors (Lipinski definition) is 5. The number of esters is 1. The average molecular weight is 306 g/mol. The van der Waals surface area contributed by atoms with Crippen LogP contribution in [0.25, 0.3) is 0 Å². The number of hydrogen-bond donors (Lipinski definition) is 0. The summed E-state index contributed by atoms with van der Waals surface area (Å²) >= 11 is 5.17. The molecule has 0 spiro atoms. The Balaban J connectivity index is 2.12. The van der Waals surface area contributed by atoms with Gasteiger partial charge in [0.05, 0.1) is 18.7 Å². The maximum atomic E-state index is 12.0. The summed E-state index contributed by atoms with van der Waals surface area (Å²) < 4.78 is 4.79. The smallest absolute Gasteiger partial charge is 0.323 e. The van der Waals surface area contributed by atoms with E-state index in [1.54, 1.807) is 37.3 Å². The molecular formula is C14H14N2O4S. The Morgan fingerprint density at radius 1 is 1.19 bits per heavy atom. The number of nitrogens with zero attached hydrogens (tertiary/aromatic N) is 2. The highest BCUT2D eigenvalue weighted by molar-refractivity contribution is 7.80. The van der Waals surface area contributed by atoms with Gasteiger partial charge in [0.1, 0.15) is 0 Å².